The molecule has 0 aliphatic rings. The fraction of sp³-hybridized carbons (Fsp3) is 0.625. The van der Waals surface area contributed by atoms with Gasteiger partial charge in [-0.25, -0.2) is 0 Å². The van der Waals surface area contributed by atoms with E-state index in [2.05, 4.69) is 17.1 Å². The highest BCUT2D eigenvalue weighted by atomic mass is 35.5. The van der Waals surface area contributed by atoms with E-state index in [1.54, 1.807) is 0 Å². The van der Waals surface area contributed by atoms with Crippen LogP contribution in [-0.2, 0) is 6.42 Å². The lowest BCUT2D eigenvalue weighted by Gasteiger charge is -1.94. The number of rotatable bonds is 3. The number of nitrogens with one attached hydrogen (secondary N) is 1. The van der Waals surface area contributed by atoms with Crippen molar-refractivity contribution in [2.45, 2.75) is 26.7 Å². The van der Waals surface area contributed by atoms with E-state index in [4.69, 9.17) is 11.6 Å². The lowest BCUT2D eigenvalue weighted by Crippen LogP contribution is -1.89. The molecular weight excluding hydrogens is 160 g/mol. The summed E-state index contributed by atoms with van der Waals surface area (Å²) in [6.07, 6.45) is 1.99. The zero-order valence-corrected chi connectivity index (χ0v) is 7.70. The van der Waals surface area contributed by atoms with E-state index in [9.17, 15) is 0 Å². The standard InChI is InChI=1S/C8H13ClN2/c1-6-7(2)10-11-8(6)4-3-5-9/h3-5H2,1-2H3,(H,10,11). The van der Waals surface area contributed by atoms with Crippen LogP contribution in [-0.4, -0.2) is 16.1 Å². The molecule has 0 saturated heterocycles. The van der Waals surface area contributed by atoms with Crippen LogP contribution in [0.25, 0.3) is 0 Å². The number of aromatic nitrogens is 2. The Kier molecular flexibility index (Phi) is 2.94. The number of nitrogens with zero attached hydrogens (tertiary/aromatic N) is 1. The molecule has 1 rings (SSSR count). The molecule has 0 saturated carbocycles. The Morgan fingerprint density at radius 1 is 1.45 bits per heavy atom. The van der Waals surface area contributed by atoms with Gasteiger partial charge in [0, 0.05) is 11.6 Å². The first kappa shape index (κ1) is 8.60. The maximum atomic E-state index is 5.57. The minimum Gasteiger partial charge on any atom is -0.282 e. The molecule has 2 nitrogen and oxygen atoms in total. The third-order valence-electron chi connectivity index (χ3n) is 1.90. The van der Waals surface area contributed by atoms with Crippen molar-refractivity contribution in [3.8, 4) is 0 Å². The minimum absolute atomic E-state index is 0.714. The SMILES string of the molecule is Cc1[nH]nc(CCCCl)c1C. The molecule has 11 heavy (non-hydrogen) atoms. The van der Waals surface area contributed by atoms with Crippen LogP contribution in [0.15, 0.2) is 0 Å². The molecule has 1 aromatic rings. The second-order valence-electron chi connectivity index (χ2n) is 2.71. The molecule has 0 radical (unpaired) electrons. The average molecular weight is 173 g/mol. The molecular formula is C8H13ClN2. The zero-order valence-electron chi connectivity index (χ0n) is 6.95. The molecule has 1 heterocycles. The van der Waals surface area contributed by atoms with Gasteiger partial charge in [-0.2, -0.15) is 5.10 Å². The van der Waals surface area contributed by atoms with Crippen LogP contribution in [0.2, 0.25) is 0 Å². The van der Waals surface area contributed by atoms with Gasteiger partial charge in [-0.1, -0.05) is 0 Å². The van der Waals surface area contributed by atoms with Gasteiger partial charge < -0.3 is 0 Å². The minimum atomic E-state index is 0.714. The summed E-state index contributed by atoms with van der Waals surface area (Å²) in [5, 5.41) is 7.12. The molecule has 0 spiro atoms. The van der Waals surface area contributed by atoms with E-state index in [-0.39, 0.29) is 0 Å². The van der Waals surface area contributed by atoms with Crippen LogP contribution in [0.1, 0.15) is 23.4 Å². The summed E-state index contributed by atoms with van der Waals surface area (Å²) in [5.41, 5.74) is 3.59. The predicted octanol–water partition coefficient (Wildman–Crippen LogP) is 2.20. The Balaban J connectivity index is 2.63. The van der Waals surface area contributed by atoms with Crippen molar-refractivity contribution >= 4 is 11.6 Å². The second kappa shape index (κ2) is 3.77. The number of halogens is 1. The highest BCUT2D eigenvalue weighted by Crippen LogP contribution is 2.10. The summed E-state index contributed by atoms with van der Waals surface area (Å²) in [5.74, 6) is 0.714. The first-order valence-electron chi connectivity index (χ1n) is 3.82. The molecule has 0 fully saturated rings. The molecule has 0 atom stereocenters. The molecule has 0 unspecified atom stereocenters. The highest BCUT2D eigenvalue weighted by Gasteiger charge is 2.03. The maximum Gasteiger partial charge on any atom is 0.0654 e. The number of H-pyrrole nitrogens is 1. The smallest absolute Gasteiger partial charge is 0.0654 e. The largest absolute Gasteiger partial charge is 0.282 e. The zero-order chi connectivity index (χ0) is 8.27. The van der Waals surface area contributed by atoms with Crippen molar-refractivity contribution in [1.82, 2.24) is 10.2 Å². The quantitative estimate of drug-likeness (QED) is 0.696. The van der Waals surface area contributed by atoms with Gasteiger partial charge in [0.25, 0.3) is 0 Å². The van der Waals surface area contributed by atoms with Crippen LogP contribution in [0, 0.1) is 13.8 Å². The van der Waals surface area contributed by atoms with Crippen molar-refractivity contribution in [2.75, 3.05) is 5.88 Å². The van der Waals surface area contributed by atoms with Crippen molar-refractivity contribution in [3.63, 3.8) is 0 Å². The summed E-state index contributed by atoms with van der Waals surface area (Å²) >= 11 is 5.57. The Morgan fingerprint density at radius 2 is 2.18 bits per heavy atom. The first-order valence-corrected chi connectivity index (χ1v) is 4.35. The summed E-state index contributed by atoms with van der Waals surface area (Å²) in [6.45, 7) is 4.12. The third-order valence-corrected chi connectivity index (χ3v) is 2.17. The molecule has 3 heteroatoms. The van der Waals surface area contributed by atoms with Crippen LogP contribution in [0.4, 0.5) is 0 Å². The van der Waals surface area contributed by atoms with Crippen LogP contribution < -0.4 is 0 Å². The van der Waals surface area contributed by atoms with E-state index in [0.29, 0.717) is 5.88 Å². The fourth-order valence-electron chi connectivity index (χ4n) is 1.01. The van der Waals surface area contributed by atoms with Gasteiger partial charge >= 0.3 is 0 Å². The van der Waals surface area contributed by atoms with Crippen molar-refractivity contribution < 1.29 is 0 Å². The Morgan fingerprint density at radius 3 is 2.64 bits per heavy atom. The van der Waals surface area contributed by atoms with Gasteiger partial charge in [0.2, 0.25) is 0 Å². The van der Waals surface area contributed by atoms with E-state index in [0.717, 1.165) is 24.2 Å². The molecule has 0 amide bonds. The van der Waals surface area contributed by atoms with Crippen LogP contribution in [0.5, 0.6) is 0 Å². The van der Waals surface area contributed by atoms with Crippen molar-refractivity contribution in [2.24, 2.45) is 0 Å². The Bertz CT molecular complexity index is 230. The molecule has 0 aliphatic carbocycles. The third kappa shape index (κ3) is 1.96. The number of aryl methyl sites for hydroxylation is 2. The summed E-state index contributed by atoms with van der Waals surface area (Å²) in [6, 6.07) is 0. The van der Waals surface area contributed by atoms with Crippen molar-refractivity contribution in [3.05, 3.63) is 17.0 Å². The number of aromatic amines is 1. The van der Waals surface area contributed by atoms with E-state index in [1.807, 2.05) is 6.92 Å². The number of hydrogen-bond donors (Lipinski definition) is 1. The number of alkyl halides is 1. The summed E-state index contributed by atoms with van der Waals surface area (Å²) in [7, 11) is 0. The molecule has 1 aromatic heterocycles. The van der Waals surface area contributed by atoms with E-state index >= 15 is 0 Å². The van der Waals surface area contributed by atoms with Gasteiger partial charge in [0.1, 0.15) is 0 Å². The van der Waals surface area contributed by atoms with Gasteiger partial charge in [-0.15, -0.1) is 11.6 Å². The van der Waals surface area contributed by atoms with Gasteiger partial charge in [-0.05, 0) is 32.3 Å². The van der Waals surface area contributed by atoms with E-state index in [1.165, 1.54) is 5.56 Å². The van der Waals surface area contributed by atoms with Crippen LogP contribution in [0.3, 0.4) is 0 Å². The lowest BCUT2D eigenvalue weighted by molar-refractivity contribution is 0.865. The molecule has 0 bridgehead atoms. The fourth-order valence-corrected chi connectivity index (χ4v) is 1.15. The normalized spacial score (nSPS) is 10.5. The second-order valence-corrected chi connectivity index (χ2v) is 3.09. The van der Waals surface area contributed by atoms with Gasteiger partial charge in [0.15, 0.2) is 0 Å². The first-order chi connectivity index (χ1) is 5.25. The van der Waals surface area contributed by atoms with Crippen LogP contribution >= 0.6 is 11.6 Å². The highest BCUT2D eigenvalue weighted by molar-refractivity contribution is 6.17. The Labute approximate surface area is 72.0 Å². The maximum absolute atomic E-state index is 5.57. The molecule has 0 aliphatic heterocycles. The van der Waals surface area contributed by atoms with E-state index < -0.39 is 0 Å². The average Bonchev–Trinajstić information content (AvgIpc) is 2.31. The number of hydrogen-bond acceptors (Lipinski definition) is 1. The topological polar surface area (TPSA) is 28.7 Å². The van der Waals surface area contributed by atoms with Gasteiger partial charge in [-0.3, -0.25) is 5.10 Å². The monoisotopic (exact) mass is 172 g/mol. The summed E-state index contributed by atoms with van der Waals surface area (Å²) < 4.78 is 0. The predicted molar refractivity (Wildman–Crippen MR) is 47.1 cm³/mol. The summed E-state index contributed by atoms with van der Waals surface area (Å²) in [4.78, 5) is 0. The molecule has 62 valence electrons. The lowest BCUT2D eigenvalue weighted by atomic mass is 10.1. The molecule has 0 aromatic carbocycles. The Hall–Kier alpha value is -0.500. The van der Waals surface area contributed by atoms with Crippen molar-refractivity contribution in [1.29, 1.82) is 0 Å². The molecule has 1 N–H and O–H groups in total. The van der Waals surface area contributed by atoms with Gasteiger partial charge in [0.05, 0.1) is 5.69 Å².